The first-order chi connectivity index (χ1) is 7.49. The first kappa shape index (κ1) is 11.0. The number of imidazole rings is 1. The Morgan fingerprint density at radius 3 is 2.81 bits per heavy atom. The van der Waals surface area contributed by atoms with E-state index in [0.717, 1.165) is 5.56 Å². The summed E-state index contributed by atoms with van der Waals surface area (Å²) in [7, 11) is 1.65. The SMILES string of the molecule is CC(=O)Cc1cc(Cl)c2c(c1)[nH]c(=O)n2C. The van der Waals surface area contributed by atoms with Gasteiger partial charge in [0.15, 0.2) is 0 Å². The van der Waals surface area contributed by atoms with Crippen LogP contribution in [0.4, 0.5) is 0 Å². The van der Waals surface area contributed by atoms with E-state index in [0.29, 0.717) is 22.5 Å². The minimum Gasteiger partial charge on any atom is -0.305 e. The van der Waals surface area contributed by atoms with E-state index in [1.165, 1.54) is 11.5 Å². The molecule has 0 aliphatic heterocycles. The number of ketones is 1. The fourth-order valence-corrected chi connectivity index (χ4v) is 2.15. The van der Waals surface area contributed by atoms with Crippen molar-refractivity contribution < 1.29 is 4.79 Å². The van der Waals surface area contributed by atoms with Gasteiger partial charge in [-0.25, -0.2) is 4.79 Å². The summed E-state index contributed by atoms with van der Waals surface area (Å²) in [6.07, 6.45) is 0.326. The smallest absolute Gasteiger partial charge is 0.305 e. The van der Waals surface area contributed by atoms with Crippen LogP contribution in [-0.2, 0) is 18.3 Å². The van der Waals surface area contributed by atoms with Crippen LogP contribution in [0.1, 0.15) is 12.5 Å². The lowest BCUT2D eigenvalue weighted by Gasteiger charge is -2.01. The molecule has 84 valence electrons. The lowest BCUT2D eigenvalue weighted by atomic mass is 10.1. The summed E-state index contributed by atoms with van der Waals surface area (Å²) in [6, 6.07) is 3.50. The maximum Gasteiger partial charge on any atom is 0.326 e. The van der Waals surface area contributed by atoms with Crippen molar-refractivity contribution in [2.45, 2.75) is 13.3 Å². The molecule has 1 aromatic carbocycles. The van der Waals surface area contributed by atoms with Crippen LogP contribution in [0, 0.1) is 0 Å². The van der Waals surface area contributed by atoms with E-state index < -0.39 is 0 Å². The number of carbonyl (C=O) groups is 1. The minimum atomic E-state index is -0.211. The van der Waals surface area contributed by atoms with Gasteiger partial charge in [-0.3, -0.25) is 9.36 Å². The van der Waals surface area contributed by atoms with E-state index in [-0.39, 0.29) is 11.5 Å². The first-order valence-electron chi connectivity index (χ1n) is 4.85. The van der Waals surface area contributed by atoms with Crippen LogP contribution < -0.4 is 5.69 Å². The number of fused-ring (bicyclic) bond motifs is 1. The van der Waals surface area contributed by atoms with Crippen molar-refractivity contribution in [3.63, 3.8) is 0 Å². The van der Waals surface area contributed by atoms with Gasteiger partial charge in [-0.2, -0.15) is 0 Å². The highest BCUT2D eigenvalue weighted by molar-refractivity contribution is 6.35. The van der Waals surface area contributed by atoms with Crippen LogP contribution in [0.15, 0.2) is 16.9 Å². The van der Waals surface area contributed by atoms with Gasteiger partial charge in [0.2, 0.25) is 0 Å². The number of nitrogens with one attached hydrogen (secondary N) is 1. The number of benzene rings is 1. The summed E-state index contributed by atoms with van der Waals surface area (Å²) >= 11 is 6.07. The number of aromatic nitrogens is 2. The van der Waals surface area contributed by atoms with Crippen molar-refractivity contribution in [3.8, 4) is 0 Å². The third-order valence-electron chi connectivity index (χ3n) is 2.46. The summed E-state index contributed by atoms with van der Waals surface area (Å²) in [5.41, 5.74) is 1.93. The molecule has 0 aliphatic rings. The van der Waals surface area contributed by atoms with Gasteiger partial charge in [0.25, 0.3) is 0 Å². The Hall–Kier alpha value is -1.55. The van der Waals surface area contributed by atoms with Crippen LogP contribution in [0.5, 0.6) is 0 Å². The maximum atomic E-state index is 11.4. The number of H-pyrrole nitrogens is 1. The van der Waals surface area contributed by atoms with Gasteiger partial charge in [-0.15, -0.1) is 0 Å². The summed E-state index contributed by atoms with van der Waals surface area (Å²) < 4.78 is 1.45. The standard InChI is InChI=1S/C11H11ClN2O2/c1-6(15)3-7-4-8(12)10-9(5-7)13-11(16)14(10)2/h4-5H,3H2,1-2H3,(H,13,16). The van der Waals surface area contributed by atoms with Crippen LogP contribution >= 0.6 is 11.6 Å². The third-order valence-corrected chi connectivity index (χ3v) is 2.75. The molecule has 0 fully saturated rings. The van der Waals surface area contributed by atoms with E-state index in [2.05, 4.69) is 4.98 Å². The van der Waals surface area contributed by atoms with Crippen molar-refractivity contribution in [3.05, 3.63) is 33.2 Å². The molecule has 4 nitrogen and oxygen atoms in total. The summed E-state index contributed by atoms with van der Waals surface area (Å²) in [6.45, 7) is 1.52. The molecule has 0 unspecified atom stereocenters. The van der Waals surface area contributed by atoms with Crippen LogP contribution in [0.25, 0.3) is 11.0 Å². The lowest BCUT2D eigenvalue weighted by Crippen LogP contribution is -2.11. The van der Waals surface area contributed by atoms with Gasteiger partial charge in [0.1, 0.15) is 5.78 Å². The van der Waals surface area contributed by atoms with Gasteiger partial charge in [-0.05, 0) is 24.6 Å². The predicted molar refractivity (Wildman–Crippen MR) is 62.9 cm³/mol. The average molecular weight is 239 g/mol. The molecular weight excluding hydrogens is 228 g/mol. The molecule has 0 aliphatic carbocycles. The van der Waals surface area contributed by atoms with Gasteiger partial charge in [-0.1, -0.05) is 11.6 Å². The molecule has 2 rings (SSSR count). The molecule has 0 radical (unpaired) electrons. The van der Waals surface area contributed by atoms with Crippen LogP contribution in [0.3, 0.4) is 0 Å². The van der Waals surface area contributed by atoms with Crippen molar-refractivity contribution in [1.82, 2.24) is 9.55 Å². The number of hydrogen-bond donors (Lipinski definition) is 1. The largest absolute Gasteiger partial charge is 0.326 e. The van der Waals surface area contributed by atoms with Gasteiger partial charge in [0, 0.05) is 13.5 Å². The van der Waals surface area contributed by atoms with E-state index >= 15 is 0 Å². The third kappa shape index (κ3) is 1.76. The number of aryl methyl sites for hydroxylation is 1. The Kier molecular flexibility index (Phi) is 2.59. The lowest BCUT2D eigenvalue weighted by molar-refractivity contribution is -0.116. The highest BCUT2D eigenvalue weighted by atomic mass is 35.5. The van der Waals surface area contributed by atoms with E-state index in [1.54, 1.807) is 19.2 Å². The van der Waals surface area contributed by atoms with Crippen molar-refractivity contribution in [2.75, 3.05) is 0 Å². The first-order valence-corrected chi connectivity index (χ1v) is 5.23. The zero-order valence-corrected chi connectivity index (χ0v) is 9.76. The maximum absolute atomic E-state index is 11.4. The number of aromatic amines is 1. The van der Waals surface area contributed by atoms with Gasteiger partial charge in [0.05, 0.1) is 16.1 Å². The number of halogens is 1. The Balaban J connectivity index is 2.68. The molecule has 0 bridgehead atoms. The molecule has 0 saturated carbocycles. The molecule has 5 heteroatoms. The van der Waals surface area contributed by atoms with Crippen molar-refractivity contribution in [2.24, 2.45) is 7.05 Å². The molecule has 1 heterocycles. The fraction of sp³-hybridized carbons (Fsp3) is 0.273. The predicted octanol–water partition coefficient (Wildman–Crippen LogP) is 1.65. The quantitative estimate of drug-likeness (QED) is 0.865. The second-order valence-corrected chi connectivity index (χ2v) is 4.25. The number of nitrogens with zero attached hydrogens (tertiary/aromatic N) is 1. The van der Waals surface area contributed by atoms with E-state index in [9.17, 15) is 9.59 Å². The normalized spacial score (nSPS) is 10.9. The molecule has 1 N–H and O–H groups in total. The molecule has 1 aromatic heterocycles. The monoisotopic (exact) mass is 238 g/mol. The molecule has 16 heavy (non-hydrogen) atoms. The van der Waals surface area contributed by atoms with Gasteiger partial charge >= 0.3 is 5.69 Å². The molecule has 0 spiro atoms. The van der Waals surface area contributed by atoms with Gasteiger partial charge < -0.3 is 4.98 Å². The second kappa shape index (κ2) is 3.79. The summed E-state index contributed by atoms with van der Waals surface area (Å²) in [4.78, 5) is 25.1. The number of rotatable bonds is 2. The van der Waals surface area contributed by atoms with E-state index in [4.69, 9.17) is 11.6 Å². The number of Topliss-reactive ketones (excluding diaryl/α,β-unsaturated/α-hetero) is 1. The number of carbonyl (C=O) groups excluding carboxylic acids is 1. The molecule has 0 atom stereocenters. The Labute approximate surface area is 96.8 Å². The molecular formula is C11H11ClN2O2. The second-order valence-electron chi connectivity index (χ2n) is 3.84. The highest BCUT2D eigenvalue weighted by Crippen LogP contribution is 2.23. The molecule has 2 aromatic rings. The zero-order valence-electron chi connectivity index (χ0n) is 9.00. The average Bonchev–Trinajstić information content (AvgIpc) is 2.41. The number of hydrogen-bond acceptors (Lipinski definition) is 2. The molecule has 0 amide bonds. The van der Waals surface area contributed by atoms with Crippen molar-refractivity contribution in [1.29, 1.82) is 0 Å². The summed E-state index contributed by atoms with van der Waals surface area (Å²) in [5.74, 6) is 0.0636. The molecule has 0 saturated heterocycles. The van der Waals surface area contributed by atoms with Crippen molar-refractivity contribution >= 4 is 28.4 Å². The Bertz CT molecular complexity index is 625. The Morgan fingerprint density at radius 2 is 2.19 bits per heavy atom. The zero-order chi connectivity index (χ0) is 11.9. The van der Waals surface area contributed by atoms with E-state index in [1.807, 2.05) is 0 Å². The Morgan fingerprint density at radius 1 is 1.50 bits per heavy atom. The minimum absolute atomic E-state index is 0.0636. The fourth-order valence-electron chi connectivity index (χ4n) is 1.78. The van der Waals surface area contributed by atoms with Crippen LogP contribution in [-0.4, -0.2) is 15.3 Å². The van der Waals surface area contributed by atoms with Crippen LogP contribution in [0.2, 0.25) is 5.02 Å². The summed E-state index contributed by atoms with van der Waals surface area (Å²) in [5, 5.41) is 0.481. The topological polar surface area (TPSA) is 54.9 Å². The highest BCUT2D eigenvalue weighted by Gasteiger charge is 2.09.